The van der Waals surface area contributed by atoms with E-state index in [0.717, 1.165) is 17.9 Å². The van der Waals surface area contributed by atoms with Crippen molar-refractivity contribution in [3.05, 3.63) is 29.3 Å². The highest BCUT2D eigenvalue weighted by Crippen LogP contribution is 2.61. The number of para-hydroxylation sites is 1. The molecule has 3 unspecified atom stereocenters. The van der Waals surface area contributed by atoms with E-state index >= 15 is 0 Å². The summed E-state index contributed by atoms with van der Waals surface area (Å²) in [5.74, 6) is 1.49. The van der Waals surface area contributed by atoms with E-state index in [1.54, 1.807) is 13.2 Å². The monoisotopic (exact) mass is 386 g/mol. The summed E-state index contributed by atoms with van der Waals surface area (Å²) < 4.78 is 23.7. The van der Waals surface area contributed by atoms with Gasteiger partial charge in [-0.3, -0.25) is 0 Å². The first-order valence-electron chi connectivity index (χ1n) is 10.3. The predicted octanol–water partition coefficient (Wildman–Crippen LogP) is 4.07. The molecule has 4 atom stereocenters. The molecule has 28 heavy (non-hydrogen) atoms. The molecule has 1 aromatic rings. The second-order valence-corrected chi connectivity index (χ2v) is 10.0. The molecule has 5 nitrogen and oxygen atoms in total. The molecule has 0 radical (unpaired) electrons. The lowest BCUT2D eigenvalue weighted by molar-refractivity contribution is -0.150. The maximum atomic E-state index is 12.6. The zero-order chi connectivity index (χ0) is 20.3. The average Bonchev–Trinajstić information content (AvgIpc) is 3.02. The molecule has 0 aromatic heterocycles. The highest BCUT2D eigenvalue weighted by Gasteiger charge is 2.61. The smallest absolute Gasteiger partial charge is 0.462 e. The zero-order valence-electron chi connectivity index (χ0n) is 17.8. The van der Waals surface area contributed by atoms with Gasteiger partial charge in [0.1, 0.15) is 16.9 Å². The third-order valence-corrected chi connectivity index (χ3v) is 6.77. The van der Waals surface area contributed by atoms with E-state index in [9.17, 15) is 4.79 Å². The van der Waals surface area contributed by atoms with E-state index in [0.29, 0.717) is 29.0 Å². The van der Waals surface area contributed by atoms with Gasteiger partial charge in [-0.15, -0.1) is 0 Å². The van der Waals surface area contributed by atoms with Crippen molar-refractivity contribution in [2.24, 2.45) is 17.3 Å². The van der Waals surface area contributed by atoms with Crippen molar-refractivity contribution in [3.8, 4) is 5.75 Å². The van der Waals surface area contributed by atoms with Gasteiger partial charge in [-0.25, -0.2) is 4.79 Å². The maximum absolute atomic E-state index is 12.6. The van der Waals surface area contributed by atoms with Crippen LogP contribution in [-0.2, 0) is 20.4 Å². The Labute approximate surface area is 168 Å². The summed E-state index contributed by atoms with van der Waals surface area (Å²) in [5.41, 5.74) is 1.14. The average molecular weight is 386 g/mol. The van der Waals surface area contributed by atoms with Crippen LogP contribution in [0.1, 0.15) is 63.4 Å². The second-order valence-electron chi connectivity index (χ2n) is 10.0. The first-order valence-corrected chi connectivity index (χ1v) is 10.3. The van der Waals surface area contributed by atoms with E-state index in [1.807, 2.05) is 32.9 Å². The van der Waals surface area contributed by atoms with Crippen molar-refractivity contribution in [2.45, 2.75) is 71.6 Å². The van der Waals surface area contributed by atoms with Crippen LogP contribution >= 0.6 is 0 Å². The lowest BCUT2D eigenvalue weighted by atomic mass is 9.47. The Kier molecular flexibility index (Phi) is 4.78. The van der Waals surface area contributed by atoms with Gasteiger partial charge in [0.2, 0.25) is 0 Å². The summed E-state index contributed by atoms with van der Waals surface area (Å²) in [6.45, 7) is 10.3. The zero-order valence-corrected chi connectivity index (χ0v) is 17.8. The molecule has 0 amide bonds. The third kappa shape index (κ3) is 3.35. The number of ether oxygens (including phenoxy) is 2. The lowest BCUT2D eigenvalue weighted by Gasteiger charge is -2.60. The SMILES string of the molecule is COc1c(CB2OC3C4CC(C[C@H]3O2)C4(C)C)cccc1C(=O)OC(C)(C)C. The number of methoxy groups -OCH3 is 1. The van der Waals surface area contributed by atoms with Crippen LogP contribution in [0.15, 0.2) is 18.2 Å². The van der Waals surface area contributed by atoms with Crippen LogP contribution in [0.2, 0.25) is 0 Å². The molecule has 3 aliphatic carbocycles. The topological polar surface area (TPSA) is 54.0 Å². The van der Waals surface area contributed by atoms with Crippen LogP contribution in [0.25, 0.3) is 0 Å². The standard InChI is InChI=1S/C22H31BO5/c1-21(2,3)26-20(24)15-9-7-8-13(18(15)25-6)12-23-27-17-11-14-10-16(19(17)28-23)22(14,4)5/h7-9,14,16-17,19H,10-12H2,1-6H3/t14?,16?,17-,19?/m1/s1. The quantitative estimate of drug-likeness (QED) is 0.577. The van der Waals surface area contributed by atoms with Gasteiger partial charge < -0.3 is 18.8 Å². The molecule has 0 N–H and O–H groups in total. The van der Waals surface area contributed by atoms with Crippen molar-refractivity contribution in [1.29, 1.82) is 0 Å². The van der Waals surface area contributed by atoms with Gasteiger partial charge in [0.15, 0.2) is 0 Å². The van der Waals surface area contributed by atoms with E-state index in [1.165, 1.54) is 6.42 Å². The lowest BCUT2D eigenvalue weighted by Crippen LogP contribution is -2.59. The number of hydrogen-bond acceptors (Lipinski definition) is 5. The summed E-state index contributed by atoms with van der Waals surface area (Å²) in [5, 5.41) is 0. The minimum absolute atomic E-state index is 0.185. The van der Waals surface area contributed by atoms with E-state index in [4.69, 9.17) is 18.8 Å². The fourth-order valence-electron chi connectivity index (χ4n) is 5.16. The Hall–Kier alpha value is -1.53. The molecule has 4 fully saturated rings. The van der Waals surface area contributed by atoms with Crippen LogP contribution < -0.4 is 4.74 Å². The highest BCUT2D eigenvalue weighted by molar-refractivity contribution is 6.44. The number of hydrogen-bond donors (Lipinski definition) is 0. The first kappa shape index (κ1) is 19.8. The molecule has 3 saturated carbocycles. The van der Waals surface area contributed by atoms with Crippen LogP contribution in [-0.4, -0.2) is 38.0 Å². The van der Waals surface area contributed by atoms with Crippen LogP contribution in [0.3, 0.4) is 0 Å². The van der Waals surface area contributed by atoms with Crippen molar-refractivity contribution in [1.82, 2.24) is 0 Å². The summed E-state index contributed by atoms with van der Waals surface area (Å²) >= 11 is 0. The van der Waals surface area contributed by atoms with Crippen LogP contribution in [0.4, 0.5) is 0 Å². The van der Waals surface area contributed by atoms with Gasteiger partial charge in [0.05, 0.1) is 19.3 Å². The van der Waals surface area contributed by atoms with Crippen LogP contribution in [0, 0.1) is 17.3 Å². The molecule has 1 aliphatic heterocycles. The van der Waals surface area contributed by atoms with Gasteiger partial charge in [0.25, 0.3) is 0 Å². The molecular formula is C22H31BO5. The molecule has 1 aromatic carbocycles. The molecule has 5 rings (SSSR count). The number of esters is 1. The maximum Gasteiger partial charge on any atom is 0.462 e. The number of rotatable bonds is 4. The van der Waals surface area contributed by atoms with Gasteiger partial charge in [-0.05, 0) is 62.5 Å². The molecule has 1 saturated heterocycles. The fraction of sp³-hybridized carbons (Fsp3) is 0.682. The summed E-state index contributed by atoms with van der Waals surface area (Å²) in [6, 6.07) is 5.56. The number of carbonyl (C=O) groups is 1. The van der Waals surface area contributed by atoms with Crippen molar-refractivity contribution < 1.29 is 23.6 Å². The van der Waals surface area contributed by atoms with Crippen molar-refractivity contribution in [2.75, 3.05) is 7.11 Å². The Morgan fingerprint density at radius 1 is 1.25 bits per heavy atom. The summed E-state index contributed by atoms with van der Waals surface area (Å²) in [4.78, 5) is 12.6. The van der Waals surface area contributed by atoms with Gasteiger partial charge in [0, 0.05) is 6.32 Å². The van der Waals surface area contributed by atoms with Gasteiger partial charge >= 0.3 is 13.1 Å². The van der Waals surface area contributed by atoms with Gasteiger partial charge in [-0.2, -0.15) is 0 Å². The van der Waals surface area contributed by atoms with Crippen LogP contribution in [0.5, 0.6) is 5.75 Å². The minimum atomic E-state index is -0.556. The molecule has 152 valence electrons. The highest BCUT2D eigenvalue weighted by atomic mass is 16.7. The van der Waals surface area contributed by atoms with Crippen molar-refractivity contribution >= 4 is 13.1 Å². The number of benzene rings is 1. The van der Waals surface area contributed by atoms with E-state index in [-0.39, 0.29) is 25.3 Å². The minimum Gasteiger partial charge on any atom is -0.496 e. The molecule has 0 spiro atoms. The molecule has 1 heterocycles. The Morgan fingerprint density at radius 2 is 2.00 bits per heavy atom. The first-order chi connectivity index (χ1) is 13.1. The molecule has 4 aliphatic rings. The predicted molar refractivity (Wildman–Crippen MR) is 107 cm³/mol. The summed E-state index contributed by atoms with van der Waals surface area (Å²) in [7, 11) is 1.29. The fourth-order valence-corrected chi connectivity index (χ4v) is 5.16. The molecule has 2 bridgehead atoms. The van der Waals surface area contributed by atoms with E-state index in [2.05, 4.69) is 13.8 Å². The number of carbonyl (C=O) groups excluding carboxylic acids is 1. The normalized spacial score (nSPS) is 30.4. The molecular weight excluding hydrogens is 355 g/mol. The Bertz CT molecular complexity index is 769. The largest absolute Gasteiger partial charge is 0.496 e. The second kappa shape index (κ2) is 6.77. The van der Waals surface area contributed by atoms with E-state index < -0.39 is 5.60 Å². The summed E-state index contributed by atoms with van der Waals surface area (Å²) in [6.07, 6.45) is 3.28. The molecule has 6 heteroatoms. The van der Waals surface area contributed by atoms with Gasteiger partial charge in [-0.1, -0.05) is 26.0 Å². The Balaban J connectivity index is 1.50. The third-order valence-electron chi connectivity index (χ3n) is 6.77. The van der Waals surface area contributed by atoms with Crippen molar-refractivity contribution in [3.63, 3.8) is 0 Å². The Morgan fingerprint density at radius 3 is 2.64 bits per heavy atom.